The highest BCUT2D eigenvalue weighted by Gasteiger charge is 2.22. The van der Waals surface area contributed by atoms with Crippen molar-refractivity contribution in [2.75, 3.05) is 7.11 Å². The van der Waals surface area contributed by atoms with Crippen molar-refractivity contribution in [3.63, 3.8) is 0 Å². The Labute approximate surface area is 167 Å². The molecule has 0 radical (unpaired) electrons. The second-order valence-electron chi connectivity index (χ2n) is 7.87. The van der Waals surface area contributed by atoms with E-state index in [1.165, 1.54) is 50.1 Å². The van der Waals surface area contributed by atoms with Gasteiger partial charge in [-0.15, -0.1) is 0 Å². The minimum Gasteiger partial charge on any atom is -0.496 e. The first-order chi connectivity index (χ1) is 13.4. The zero-order valence-corrected chi connectivity index (χ0v) is 17.7. The topological polar surface area (TPSA) is 22.4 Å². The molecule has 2 aromatic carbocycles. The summed E-state index contributed by atoms with van der Waals surface area (Å²) in [6.45, 7) is 10.6. The number of ether oxygens (including phenoxy) is 1. The second-order valence-corrected chi connectivity index (χ2v) is 7.87. The first-order valence-electron chi connectivity index (χ1n) is 10.0. The van der Waals surface area contributed by atoms with Gasteiger partial charge in [0, 0.05) is 6.42 Å². The van der Waals surface area contributed by atoms with Crippen LogP contribution >= 0.6 is 0 Å². The molecule has 3 aromatic rings. The number of fused-ring (bicyclic) bond motifs is 1. The van der Waals surface area contributed by atoms with Gasteiger partial charge in [0.1, 0.15) is 17.3 Å². The first-order valence-corrected chi connectivity index (χ1v) is 10.0. The number of hydrogen-bond donors (Lipinski definition) is 0. The molecule has 1 heterocycles. The molecule has 1 aromatic heterocycles. The molecule has 0 amide bonds. The average molecular weight is 373 g/mol. The van der Waals surface area contributed by atoms with Gasteiger partial charge in [-0.25, -0.2) is 0 Å². The Morgan fingerprint density at radius 1 is 0.964 bits per heavy atom. The maximum Gasteiger partial charge on any atom is 0.130 e. The summed E-state index contributed by atoms with van der Waals surface area (Å²) in [5, 5.41) is 0. The highest BCUT2D eigenvalue weighted by Crippen LogP contribution is 2.42. The van der Waals surface area contributed by atoms with Crippen LogP contribution in [-0.4, -0.2) is 7.11 Å². The maximum absolute atomic E-state index is 6.02. The summed E-state index contributed by atoms with van der Waals surface area (Å²) in [6, 6.07) is 11.3. The Morgan fingerprint density at radius 2 is 1.68 bits per heavy atom. The van der Waals surface area contributed by atoms with E-state index in [0.29, 0.717) is 0 Å². The minimum atomic E-state index is 0.923. The van der Waals surface area contributed by atoms with Crippen LogP contribution in [0.15, 0.2) is 34.7 Å². The Kier molecular flexibility index (Phi) is 4.66. The molecule has 1 aliphatic carbocycles. The van der Waals surface area contributed by atoms with E-state index in [1.54, 1.807) is 7.11 Å². The van der Waals surface area contributed by atoms with E-state index in [9.17, 15) is 0 Å². The Bertz CT molecular complexity index is 1050. The van der Waals surface area contributed by atoms with Crippen molar-refractivity contribution in [2.45, 2.75) is 47.5 Å². The molecule has 0 unspecified atom stereocenters. The van der Waals surface area contributed by atoms with Crippen LogP contribution in [-0.2, 0) is 12.8 Å². The summed E-state index contributed by atoms with van der Waals surface area (Å²) in [7, 11) is 1.75. The van der Waals surface area contributed by atoms with Gasteiger partial charge in [-0.2, -0.15) is 0 Å². The van der Waals surface area contributed by atoms with E-state index in [2.05, 4.69) is 64.1 Å². The van der Waals surface area contributed by atoms with Gasteiger partial charge in [0.2, 0.25) is 0 Å². The van der Waals surface area contributed by atoms with Gasteiger partial charge in [0.05, 0.1) is 7.11 Å². The highest BCUT2D eigenvalue weighted by atomic mass is 16.5. The third-order valence-electron chi connectivity index (χ3n) is 5.94. The number of furan rings is 1. The monoisotopic (exact) mass is 372 g/mol. The Balaban J connectivity index is 1.89. The van der Waals surface area contributed by atoms with Crippen LogP contribution in [0.25, 0.3) is 22.8 Å². The third kappa shape index (κ3) is 2.97. The summed E-state index contributed by atoms with van der Waals surface area (Å²) in [4.78, 5) is 0. The number of aryl methyl sites for hydroxylation is 5. The Hall–Kier alpha value is -2.74. The van der Waals surface area contributed by atoms with Crippen molar-refractivity contribution in [1.29, 1.82) is 0 Å². The van der Waals surface area contributed by atoms with Crippen LogP contribution in [0.4, 0.5) is 0 Å². The van der Waals surface area contributed by atoms with Crippen LogP contribution < -0.4 is 4.74 Å². The van der Waals surface area contributed by atoms with Gasteiger partial charge in [0.25, 0.3) is 0 Å². The molecule has 2 nitrogen and oxygen atoms in total. The van der Waals surface area contributed by atoms with E-state index in [4.69, 9.17) is 9.15 Å². The first kappa shape index (κ1) is 18.6. The van der Waals surface area contributed by atoms with Gasteiger partial charge >= 0.3 is 0 Å². The van der Waals surface area contributed by atoms with E-state index < -0.39 is 0 Å². The fourth-order valence-corrected chi connectivity index (χ4v) is 4.40. The van der Waals surface area contributed by atoms with Crippen molar-refractivity contribution in [1.82, 2.24) is 0 Å². The number of benzene rings is 2. The number of allylic oxidation sites excluding steroid dienone is 1. The molecule has 1 aliphatic rings. The fourth-order valence-electron chi connectivity index (χ4n) is 4.40. The van der Waals surface area contributed by atoms with Crippen LogP contribution in [0.5, 0.6) is 5.75 Å². The molecule has 0 atom stereocenters. The Morgan fingerprint density at radius 3 is 2.25 bits per heavy atom. The predicted octanol–water partition coefficient (Wildman–Crippen LogP) is 6.85. The number of hydrogen-bond acceptors (Lipinski definition) is 2. The number of rotatable bonds is 4. The lowest BCUT2D eigenvalue weighted by Crippen LogP contribution is -1.97. The highest BCUT2D eigenvalue weighted by molar-refractivity contribution is 5.94. The molecule has 0 spiro atoms. The molecule has 2 heteroatoms. The summed E-state index contributed by atoms with van der Waals surface area (Å²) in [5.41, 5.74) is 11.5. The zero-order chi connectivity index (χ0) is 20.0. The summed E-state index contributed by atoms with van der Waals surface area (Å²) in [6.07, 6.45) is 4.26. The van der Waals surface area contributed by atoms with Crippen molar-refractivity contribution in [3.8, 4) is 16.9 Å². The summed E-state index contributed by atoms with van der Waals surface area (Å²) in [5.74, 6) is 2.98. The lowest BCUT2D eigenvalue weighted by atomic mass is 9.89. The molecular weight excluding hydrogens is 344 g/mol. The standard InChI is InChI=1S/C26H28O2/c1-7-19-8-9-20-13-21(24-12-15(2)18(5)28-24)14-23(20)25(19)22-10-16(3)26(27-6)17(4)11-22/h8-12,14H,7,13H2,1-6H3. The second kappa shape index (κ2) is 7.01. The minimum absolute atomic E-state index is 0.923. The van der Waals surface area contributed by atoms with Crippen molar-refractivity contribution < 1.29 is 9.15 Å². The van der Waals surface area contributed by atoms with Crippen molar-refractivity contribution >= 4 is 11.6 Å². The molecule has 28 heavy (non-hydrogen) atoms. The van der Waals surface area contributed by atoms with Crippen molar-refractivity contribution in [2.24, 2.45) is 0 Å². The molecule has 144 valence electrons. The van der Waals surface area contributed by atoms with Crippen LogP contribution in [0.3, 0.4) is 0 Å². The number of methoxy groups -OCH3 is 1. The van der Waals surface area contributed by atoms with Gasteiger partial charge in [-0.3, -0.25) is 0 Å². The van der Waals surface area contributed by atoms with E-state index >= 15 is 0 Å². The lowest BCUT2D eigenvalue weighted by molar-refractivity contribution is 0.408. The van der Waals surface area contributed by atoms with Crippen LogP contribution in [0, 0.1) is 27.7 Å². The molecule has 0 saturated heterocycles. The smallest absolute Gasteiger partial charge is 0.130 e. The molecule has 0 fully saturated rings. The van der Waals surface area contributed by atoms with Gasteiger partial charge in [0.15, 0.2) is 0 Å². The molecule has 0 N–H and O–H groups in total. The molecular formula is C26H28O2. The van der Waals surface area contributed by atoms with Crippen molar-refractivity contribution in [3.05, 3.63) is 75.2 Å². The molecule has 0 saturated carbocycles. The zero-order valence-electron chi connectivity index (χ0n) is 17.7. The maximum atomic E-state index is 6.02. The van der Waals surface area contributed by atoms with E-state index in [1.807, 2.05) is 6.92 Å². The largest absolute Gasteiger partial charge is 0.496 e. The van der Waals surface area contributed by atoms with E-state index in [0.717, 1.165) is 30.1 Å². The van der Waals surface area contributed by atoms with Crippen LogP contribution in [0.1, 0.15) is 51.8 Å². The van der Waals surface area contributed by atoms with Crippen LogP contribution in [0.2, 0.25) is 0 Å². The van der Waals surface area contributed by atoms with Gasteiger partial charge in [-0.1, -0.05) is 19.1 Å². The normalized spacial score (nSPS) is 12.9. The third-order valence-corrected chi connectivity index (χ3v) is 5.94. The average Bonchev–Trinajstić information content (AvgIpc) is 3.23. The SMILES string of the molecule is CCc1ccc2c(c1-c1cc(C)c(OC)c(C)c1)C=C(c1cc(C)c(C)o1)C2. The predicted molar refractivity (Wildman–Crippen MR) is 117 cm³/mol. The summed E-state index contributed by atoms with van der Waals surface area (Å²) >= 11 is 0. The summed E-state index contributed by atoms with van der Waals surface area (Å²) < 4.78 is 11.6. The van der Waals surface area contributed by atoms with E-state index in [-0.39, 0.29) is 0 Å². The fraction of sp³-hybridized carbons (Fsp3) is 0.308. The quantitative estimate of drug-likeness (QED) is 0.500. The molecule has 0 aliphatic heterocycles. The molecule has 0 bridgehead atoms. The van der Waals surface area contributed by atoms with Gasteiger partial charge in [-0.05, 0) is 108 Å². The molecule has 4 rings (SSSR count). The lowest BCUT2D eigenvalue weighted by Gasteiger charge is -2.17. The van der Waals surface area contributed by atoms with Gasteiger partial charge < -0.3 is 9.15 Å².